The zero-order chi connectivity index (χ0) is 11.0. The number of rotatable bonds is 2. The smallest absolute Gasteiger partial charge is 0.137 e. The molecule has 1 fully saturated rings. The standard InChI is InChI=1S/C13H17N3/c1-2-15-9-5-6-12(15)11-10-16-8-4-3-7-13(16)14-11/h3-4,7-8,10,12H,2,5-6,9H2,1H3. The van der Waals surface area contributed by atoms with E-state index in [0.717, 1.165) is 12.2 Å². The summed E-state index contributed by atoms with van der Waals surface area (Å²) in [6, 6.07) is 6.68. The number of pyridine rings is 1. The Balaban J connectivity index is 1.99. The normalized spacial score (nSPS) is 21.9. The van der Waals surface area contributed by atoms with Crippen molar-refractivity contribution in [3.8, 4) is 0 Å². The summed E-state index contributed by atoms with van der Waals surface area (Å²) < 4.78 is 2.11. The molecule has 1 atom stereocenters. The van der Waals surface area contributed by atoms with E-state index in [0.29, 0.717) is 6.04 Å². The van der Waals surface area contributed by atoms with Gasteiger partial charge in [-0.2, -0.15) is 0 Å². The molecule has 0 aliphatic carbocycles. The van der Waals surface area contributed by atoms with E-state index in [9.17, 15) is 0 Å². The zero-order valence-corrected chi connectivity index (χ0v) is 9.63. The minimum absolute atomic E-state index is 0.532. The van der Waals surface area contributed by atoms with Gasteiger partial charge >= 0.3 is 0 Å². The average molecular weight is 215 g/mol. The van der Waals surface area contributed by atoms with Gasteiger partial charge in [-0.25, -0.2) is 4.98 Å². The summed E-state index contributed by atoms with van der Waals surface area (Å²) in [5.74, 6) is 0. The van der Waals surface area contributed by atoms with E-state index < -0.39 is 0 Å². The topological polar surface area (TPSA) is 20.5 Å². The predicted octanol–water partition coefficient (Wildman–Crippen LogP) is 2.49. The van der Waals surface area contributed by atoms with Crippen LogP contribution in [-0.2, 0) is 0 Å². The third kappa shape index (κ3) is 1.52. The first-order valence-electron chi connectivity index (χ1n) is 6.06. The minimum Gasteiger partial charge on any atom is -0.307 e. The fraction of sp³-hybridized carbons (Fsp3) is 0.462. The van der Waals surface area contributed by atoms with E-state index in [1.165, 1.54) is 25.1 Å². The summed E-state index contributed by atoms with van der Waals surface area (Å²) in [6.07, 6.45) is 6.79. The number of hydrogen-bond acceptors (Lipinski definition) is 2. The van der Waals surface area contributed by atoms with Crippen LogP contribution in [0.15, 0.2) is 30.6 Å². The van der Waals surface area contributed by atoms with Crippen molar-refractivity contribution in [1.29, 1.82) is 0 Å². The molecule has 0 amide bonds. The van der Waals surface area contributed by atoms with Crippen LogP contribution in [0, 0.1) is 0 Å². The highest BCUT2D eigenvalue weighted by molar-refractivity contribution is 5.40. The molecule has 2 aromatic rings. The maximum Gasteiger partial charge on any atom is 0.137 e. The fourth-order valence-electron chi connectivity index (χ4n) is 2.65. The second-order valence-electron chi connectivity index (χ2n) is 4.42. The van der Waals surface area contributed by atoms with E-state index >= 15 is 0 Å². The van der Waals surface area contributed by atoms with Gasteiger partial charge in [0.2, 0.25) is 0 Å². The van der Waals surface area contributed by atoms with Gasteiger partial charge in [-0.3, -0.25) is 4.90 Å². The second kappa shape index (κ2) is 3.91. The number of hydrogen-bond donors (Lipinski definition) is 0. The van der Waals surface area contributed by atoms with Gasteiger partial charge in [0.1, 0.15) is 5.65 Å². The minimum atomic E-state index is 0.532. The first kappa shape index (κ1) is 9.85. The predicted molar refractivity (Wildman–Crippen MR) is 64.4 cm³/mol. The maximum atomic E-state index is 4.71. The van der Waals surface area contributed by atoms with Crippen LogP contribution in [0.5, 0.6) is 0 Å². The Hall–Kier alpha value is -1.35. The largest absolute Gasteiger partial charge is 0.307 e. The molecule has 0 saturated carbocycles. The lowest BCUT2D eigenvalue weighted by Crippen LogP contribution is -2.22. The van der Waals surface area contributed by atoms with Gasteiger partial charge in [-0.05, 0) is 38.1 Å². The van der Waals surface area contributed by atoms with Crippen molar-refractivity contribution in [1.82, 2.24) is 14.3 Å². The summed E-state index contributed by atoms with van der Waals surface area (Å²) in [7, 11) is 0. The van der Waals surface area contributed by atoms with Crippen LogP contribution < -0.4 is 0 Å². The van der Waals surface area contributed by atoms with Gasteiger partial charge in [0, 0.05) is 12.4 Å². The van der Waals surface area contributed by atoms with Crippen LogP contribution in [0.3, 0.4) is 0 Å². The lowest BCUT2D eigenvalue weighted by atomic mass is 10.1. The average Bonchev–Trinajstić information content (AvgIpc) is 2.94. The molecule has 1 saturated heterocycles. The molecule has 0 spiro atoms. The van der Waals surface area contributed by atoms with Gasteiger partial charge in [-0.15, -0.1) is 0 Å². The molecule has 1 unspecified atom stereocenters. The van der Waals surface area contributed by atoms with Crippen molar-refractivity contribution in [3.05, 3.63) is 36.3 Å². The Kier molecular flexibility index (Phi) is 2.40. The number of fused-ring (bicyclic) bond motifs is 1. The van der Waals surface area contributed by atoms with E-state index in [4.69, 9.17) is 4.98 Å². The van der Waals surface area contributed by atoms with Crippen LogP contribution in [0.2, 0.25) is 0 Å². The van der Waals surface area contributed by atoms with Crippen LogP contribution >= 0.6 is 0 Å². The number of nitrogens with zero attached hydrogens (tertiary/aromatic N) is 3. The van der Waals surface area contributed by atoms with E-state index in [1.807, 2.05) is 12.1 Å². The van der Waals surface area contributed by atoms with Crippen LogP contribution in [0.1, 0.15) is 31.5 Å². The fourth-order valence-corrected chi connectivity index (χ4v) is 2.65. The molecule has 3 heterocycles. The summed E-state index contributed by atoms with van der Waals surface area (Å²) in [5, 5.41) is 0. The third-order valence-corrected chi connectivity index (χ3v) is 3.49. The van der Waals surface area contributed by atoms with E-state index in [1.54, 1.807) is 0 Å². The van der Waals surface area contributed by atoms with Crippen molar-refractivity contribution in [2.45, 2.75) is 25.8 Å². The van der Waals surface area contributed by atoms with Crippen LogP contribution in [0.4, 0.5) is 0 Å². The number of aromatic nitrogens is 2. The SMILES string of the molecule is CCN1CCCC1c1cn2ccccc2n1. The van der Waals surface area contributed by atoms with Gasteiger partial charge in [-0.1, -0.05) is 13.0 Å². The molecule has 1 aliphatic heterocycles. The molecular formula is C13H17N3. The lowest BCUT2D eigenvalue weighted by Gasteiger charge is -2.20. The molecule has 1 aliphatic rings. The second-order valence-corrected chi connectivity index (χ2v) is 4.42. The molecule has 3 nitrogen and oxygen atoms in total. The molecule has 16 heavy (non-hydrogen) atoms. The van der Waals surface area contributed by atoms with Crippen molar-refractivity contribution in [2.75, 3.05) is 13.1 Å². The highest BCUT2D eigenvalue weighted by Gasteiger charge is 2.26. The van der Waals surface area contributed by atoms with Gasteiger partial charge < -0.3 is 4.40 Å². The van der Waals surface area contributed by atoms with Gasteiger partial charge in [0.25, 0.3) is 0 Å². The zero-order valence-electron chi connectivity index (χ0n) is 9.63. The van der Waals surface area contributed by atoms with Crippen molar-refractivity contribution in [2.24, 2.45) is 0 Å². The summed E-state index contributed by atoms with van der Waals surface area (Å²) in [4.78, 5) is 7.23. The Morgan fingerprint density at radius 3 is 3.19 bits per heavy atom. The summed E-state index contributed by atoms with van der Waals surface area (Å²) in [5.41, 5.74) is 2.28. The molecule has 0 radical (unpaired) electrons. The van der Waals surface area contributed by atoms with Gasteiger partial charge in [0.15, 0.2) is 0 Å². The Morgan fingerprint density at radius 2 is 2.38 bits per heavy atom. The Bertz CT molecular complexity index is 456. The Morgan fingerprint density at radius 1 is 1.44 bits per heavy atom. The van der Waals surface area contributed by atoms with Crippen LogP contribution in [0.25, 0.3) is 5.65 Å². The highest BCUT2D eigenvalue weighted by Crippen LogP contribution is 2.30. The highest BCUT2D eigenvalue weighted by atomic mass is 15.2. The molecule has 3 heteroatoms. The van der Waals surface area contributed by atoms with Crippen molar-refractivity contribution >= 4 is 5.65 Å². The van der Waals surface area contributed by atoms with Crippen molar-refractivity contribution < 1.29 is 0 Å². The maximum absolute atomic E-state index is 4.71. The van der Waals surface area contributed by atoms with Crippen LogP contribution in [-0.4, -0.2) is 27.4 Å². The lowest BCUT2D eigenvalue weighted by molar-refractivity contribution is 0.268. The monoisotopic (exact) mass is 215 g/mol. The van der Waals surface area contributed by atoms with E-state index in [2.05, 4.69) is 34.7 Å². The third-order valence-electron chi connectivity index (χ3n) is 3.49. The van der Waals surface area contributed by atoms with E-state index in [-0.39, 0.29) is 0 Å². The molecule has 0 N–H and O–H groups in total. The molecule has 84 valence electrons. The molecular weight excluding hydrogens is 198 g/mol. The first-order chi connectivity index (χ1) is 7.88. The molecule has 0 bridgehead atoms. The summed E-state index contributed by atoms with van der Waals surface area (Å²) >= 11 is 0. The molecule has 3 rings (SSSR count). The Labute approximate surface area is 95.7 Å². The number of imidazole rings is 1. The van der Waals surface area contributed by atoms with Gasteiger partial charge in [0.05, 0.1) is 11.7 Å². The quantitative estimate of drug-likeness (QED) is 0.767. The molecule has 2 aromatic heterocycles. The first-order valence-corrected chi connectivity index (χ1v) is 6.06. The van der Waals surface area contributed by atoms with Crippen molar-refractivity contribution in [3.63, 3.8) is 0 Å². The molecule has 0 aromatic carbocycles. The number of likely N-dealkylation sites (tertiary alicyclic amines) is 1. The summed E-state index contributed by atoms with van der Waals surface area (Å²) in [6.45, 7) is 4.57.